The second-order valence-electron chi connectivity index (χ2n) is 5.69. The first-order valence-corrected chi connectivity index (χ1v) is 7.26. The highest BCUT2D eigenvalue weighted by atomic mass is 19.1. The predicted molar refractivity (Wildman–Crippen MR) is 81.9 cm³/mol. The number of hydrogen-bond donors (Lipinski definition) is 1. The van der Waals surface area contributed by atoms with Crippen molar-refractivity contribution in [2.75, 3.05) is 0 Å². The van der Waals surface area contributed by atoms with Crippen LogP contribution in [0.25, 0.3) is 16.8 Å². The van der Waals surface area contributed by atoms with Gasteiger partial charge in [-0.05, 0) is 25.0 Å². The Morgan fingerprint density at radius 1 is 1.17 bits per heavy atom. The third-order valence-electron chi connectivity index (χ3n) is 3.71. The molecule has 0 aliphatic rings. The Balaban J connectivity index is 2.43. The van der Waals surface area contributed by atoms with Crippen LogP contribution in [0.4, 0.5) is 8.78 Å². The number of aromatic carboxylic acids is 1. The van der Waals surface area contributed by atoms with Gasteiger partial charge in [-0.2, -0.15) is 5.10 Å². The molecule has 3 aromatic rings. The number of carboxylic acids is 1. The lowest BCUT2D eigenvalue weighted by atomic mass is 10.0. The Hall–Kier alpha value is -2.90. The fourth-order valence-electron chi connectivity index (χ4n) is 2.72. The Kier molecular flexibility index (Phi) is 3.75. The number of aryl methyl sites for hydroxylation is 1. The van der Waals surface area contributed by atoms with Crippen molar-refractivity contribution in [1.82, 2.24) is 19.8 Å². The van der Waals surface area contributed by atoms with Gasteiger partial charge < -0.3 is 5.11 Å². The van der Waals surface area contributed by atoms with Crippen molar-refractivity contribution in [3.8, 4) is 11.1 Å². The zero-order valence-corrected chi connectivity index (χ0v) is 13.2. The monoisotopic (exact) mass is 332 g/mol. The van der Waals surface area contributed by atoms with Crippen LogP contribution in [0.3, 0.4) is 0 Å². The molecular formula is C16H14F2N4O2. The Bertz CT molecular complexity index is 946. The number of rotatable bonds is 3. The summed E-state index contributed by atoms with van der Waals surface area (Å²) in [5.74, 6) is -2.96. The molecule has 0 spiro atoms. The molecule has 0 radical (unpaired) electrons. The lowest BCUT2D eigenvalue weighted by Gasteiger charge is -2.10. The normalized spacial score (nSPS) is 11.4. The summed E-state index contributed by atoms with van der Waals surface area (Å²) in [6.45, 7) is 5.15. The van der Waals surface area contributed by atoms with Crippen molar-refractivity contribution >= 4 is 11.6 Å². The summed E-state index contributed by atoms with van der Waals surface area (Å²) in [5, 5.41) is 21.1. The second kappa shape index (κ2) is 5.63. The SMILES string of the molecule is Cc1nn2c(C(C)C)c(C(=O)O)nnc2c1-c1c(F)cccc1F. The second-order valence-corrected chi connectivity index (χ2v) is 5.69. The van der Waals surface area contributed by atoms with Crippen LogP contribution in [0.2, 0.25) is 0 Å². The van der Waals surface area contributed by atoms with E-state index in [-0.39, 0.29) is 28.4 Å². The first kappa shape index (κ1) is 16.0. The largest absolute Gasteiger partial charge is 0.476 e. The number of fused-ring (bicyclic) bond motifs is 1. The molecule has 0 aliphatic heterocycles. The fourth-order valence-corrected chi connectivity index (χ4v) is 2.72. The van der Waals surface area contributed by atoms with E-state index in [0.29, 0.717) is 11.4 Å². The summed E-state index contributed by atoms with van der Waals surface area (Å²) in [7, 11) is 0. The minimum Gasteiger partial charge on any atom is -0.476 e. The molecule has 0 unspecified atom stereocenters. The highest BCUT2D eigenvalue weighted by molar-refractivity contribution is 5.88. The number of hydrogen-bond acceptors (Lipinski definition) is 4. The van der Waals surface area contributed by atoms with E-state index in [1.807, 2.05) is 0 Å². The van der Waals surface area contributed by atoms with E-state index in [1.54, 1.807) is 20.8 Å². The zero-order valence-electron chi connectivity index (χ0n) is 13.2. The van der Waals surface area contributed by atoms with Crippen molar-refractivity contribution in [1.29, 1.82) is 0 Å². The minimum absolute atomic E-state index is 0.116. The minimum atomic E-state index is -1.24. The summed E-state index contributed by atoms with van der Waals surface area (Å²) in [5.41, 5.74) is 0.441. The van der Waals surface area contributed by atoms with Gasteiger partial charge >= 0.3 is 5.97 Å². The molecule has 0 bridgehead atoms. The average Bonchev–Trinajstić information content (AvgIpc) is 2.82. The summed E-state index contributed by atoms with van der Waals surface area (Å²) in [4.78, 5) is 11.4. The van der Waals surface area contributed by atoms with Crippen molar-refractivity contribution in [2.24, 2.45) is 0 Å². The third-order valence-corrected chi connectivity index (χ3v) is 3.71. The van der Waals surface area contributed by atoms with Crippen LogP contribution < -0.4 is 0 Å². The summed E-state index contributed by atoms with van der Waals surface area (Å²) in [6.07, 6.45) is 0. The number of halogens is 2. The lowest BCUT2D eigenvalue weighted by molar-refractivity contribution is 0.0686. The molecule has 2 heterocycles. The van der Waals surface area contributed by atoms with E-state index in [4.69, 9.17) is 0 Å². The highest BCUT2D eigenvalue weighted by Crippen LogP contribution is 2.33. The predicted octanol–water partition coefficient (Wildman–Crippen LogP) is 3.20. The molecule has 1 aromatic carbocycles. The van der Waals surface area contributed by atoms with Crippen molar-refractivity contribution in [3.63, 3.8) is 0 Å². The molecule has 0 saturated heterocycles. The van der Waals surface area contributed by atoms with Gasteiger partial charge in [0.05, 0.1) is 22.5 Å². The lowest BCUT2D eigenvalue weighted by Crippen LogP contribution is -2.14. The molecular weight excluding hydrogens is 318 g/mol. The summed E-state index contributed by atoms with van der Waals surface area (Å²) >= 11 is 0. The van der Waals surface area contributed by atoms with Gasteiger partial charge in [0.2, 0.25) is 0 Å². The first-order valence-electron chi connectivity index (χ1n) is 7.26. The number of aromatic nitrogens is 4. The molecule has 3 rings (SSSR count). The van der Waals surface area contributed by atoms with Crippen LogP contribution in [0.1, 0.15) is 41.6 Å². The molecule has 2 aromatic heterocycles. The summed E-state index contributed by atoms with van der Waals surface area (Å²) < 4.78 is 29.6. The Morgan fingerprint density at radius 3 is 2.33 bits per heavy atom. The molecule has 8 heteroatoms. The van der Waals surface area contributed by atoms with Crippen LogP contribution >= 0.6 is 0 Å². The molecule has 0 saturated carbocycles. The van der Waals surface area contributed by atoms with Gasteiger partial charge in [-0.3, -0.25) is 0 Å². The standard InChI is InChI=1S/C16H14F2N4O2/c1-7(2)14-13(16(23)24)19-20-15-11(8(3)21-22(14)15)12-9(17)5-4-6-10(12)18/h4-7H,1-3H3,(H,23,24). The van der Waals surface area contributed by atoms with E-state index in [0.717, 1.165) is 12.1 Å². The number of carboxylic acid groups (broad SMARTS) is 1. The van der Waals surface area contributed by atoms with Gasteiger partial charge in [-0.25, -0.2) is 18.1 Å². The molecule has 24 heavy (non-hydrogen) atoms. The quantitative estimate of drug-likeness (QED) is 0.796. The van der Waals surface area contributed by atoms with Crippen LogP contribution in [-0.4, -0.2) is 30.9 Å². The van der Waals surface area contributed by atoms with Crippen LogP contribution in [0.5, 0.6) is 0 Å². The van der Waals surface area contributed by atoms with Gasteiger partial charge in [0.15, 0.2) is 11.3 Å². The highest BCUT2D eigenvalue weighted by Gasteiger charge is 2.26. The van der Waals surface area contributed by atoms with Crippen molar-refractivity contribution in [2.45, 2.75) is 26.7 Å². The maximum Gasteiger partial charge on any atom is 0.358 e. The Morgan fingerprint density at radius 2 is 1.79 bits per heavy atom. The fraction of sp³-hybridized carbons (Fsp3) is 0.250. The maximum absolute atomic E-state index is 14.2. The van der Waals surface area contributed by atoms with E-state index in [2.05, 4.69) is 15.3 Å². The van der Waals surface area contributed by atoms with Crippen LogP contribution in [0.15, 0.2) is 18.2 Å². The zero-order chi connectivity index (χ0) is 17.6. The molecule has 124 valence electrons. The van der Waals surface area contributed by atoms with Gasteiger partial charge in [0.1, 0.15) is 11.6 Å². The molecule has 0 fully saturated rings. The van der Waals surface area contributed by atoms with Crippen molar-refractivity contribution < 1.29 is 18.7 Å². The van der Waals surface area contributed by atoms with Gasteiger partial charge in [0, 0.05) is 0 Å². The van der Waals surface area contributed by atoms with Gasteiger partial charge in [-0.15, -0.1) is 10.2 Å². The first-order chi connectivity index (χ1) is 11.3. The van der Waals surface area contributed by atoms with E-state index in [9.17, 15) is 18.7 Å². The average molecular weight is 332 g/mol. The van der Waals surface area contributed by atoms with Crippen molar-refractivity contribution in [3.05, 3.63) is 46.9 Å². The van der Waals surface area contributed by atoms with E-state index in [1.165, 1.54) is 10.6 Å². The van der Waals surface area contributed by atoms with E-state index < -0.39 is 17.6 Å². The molecule has 0 aliphatic carbocycles. The Labute approximate surface area is 135 Å². The number of carbonyl (C=O) groups is 1. The number of nitrogens with zero attached hydrogens (tertiary/aromatic N) is 4. The molecule has 0 atom stereocenters. The van der Waals surface area contributed by atoms with Crippen LogP contribution in [-0.2, 0) is 0 Å². The third kappa shape index (κ3) is 2.31. The molecule has 6 nitrogen and oxygen atoms in total. The summed E-state index contributed by atoms with van der Waals surface area (Å²) in [6, 6.07) is 3.55. The topological polar surface area (TPSA) is 80.4 Å². The smallest absolute Gasteiger partial charge is 0.358 e. The van der Waals surface area contributed by atoms with E-state index >= 15 is 0 Å². The molecule has 0 amide bonds. The van der Waals surface area contributed by atoms with Crippen LogP contribution in [0, 0.1) is 18.6 Å². The van der Waals surface area contributed by atoms with Gasteiger partial charge in [-0.1, -0.05) is 19.9 Å². The number of benzene rings is 1. The maximum atomic E-state index is 14.2. The van der Waals surface area contributed by atoms with Gasteiger partial charge in [0.25, 0.3) is 0 Å². The molecule has 1 N–H and O–H groups in total.